The number of rotatable bonds is 3. The third-order valence-electron chi connectivity index (χ3n) is 5.15. The van der Waals surface area contributed by atoms with Crippen LogP contribution in [0.1, 0.15) is 41.4 Å². The number of aliphatic hydroxyl groups excluding tert-OH is 1. The summed E-state index contributed by atoms with van der Waals surface area (Å²) >= 11 is 1.51. The highest BCUT2D eigenvalue weighted by Gasteiger charge is 2.56. The van der Waals surface area contributed by atoms with Crippen molar-refractivity contribution in [3.63, 3.8) is 0 Å². The maximum Gasteiger partial charge on any atom is 0.264 e. The van der Waals surface area contributed by atoms with Gasteiger partial charge in [-0.05, 0) is 43.7 Å². The van der Waals surface area contributed by atoms with Gasteiger partial charge in [0.2, 0.25) is 0 Å². The number of amides is 1. The van der Waals surface area contributed by atoms with Crippen LogP contribution in [0.4, 0.5) is 0 Å². The smallest absolute Gasteiger partial charge is 0.264 e. The molecule has 0 aromatic carbocycles. The highest BCUT2D eigenvalue weighted by atomic mass is 32.1. The zero-order valence-electron chi connectivity index (χ0n) is 12.7. The van der Waals surface area contributed by atoms with Crippen molar-refractivity contribution in [1.29, 1.82) is 0 Å². The first-order valence-electron chi connectivity index (χ1n) is 7.71. The highest BCUT2D eigenvalue weighted by molar-refractivity contribution is 7.12. The van der Waals surface area contributed by atoms with Gasteiger partial charge in [0, 0.05) is 31.5 Å². The van der Waals surface area contributed by atoms with Gasteiger partial charge in [-0.15, -0.1) is 11.3 Å². The number of nitrogens with zero attached hydrogens (tertiary/aromatic N) is 1. The maximum atomic E-state index is 12.5. The van der Waals surface area contributed by atoms with E-state index in [9.17, 15) is 9.90 Å². The molecular formula is C16H23NO3S. The van der Waals surface area contributed by atoms with E-state index in [1.807, 2.05) is 30.2 Å². The number of aliphatic hydroxyl groups is 1. The van der Waals surface area contributed by atoms with Crippen molar-refractivity contribution in [2.24, 2.45) is 5.41 Å². The number of piperidine rings is 1. The fraction of sp³-hybridized carbons (Fsp3) is 0.688. The van der Waals surface area contributed by atoms with Crippen molar-refractivity contribution >= 4 is 17.2 Å². The average Bonchev–Trinajstić information content (AvgIpc) is 2.92. The predicted molar refractivity (Wildman–Crippen MR) is 82.7 cm³/mol. The van der Waals surface area contributed by atoms with Crippen molar-refractivity contribution in [1.82, 2.24) is 4.90 Å². The van der Waals surface area contributed by atoms with Crippen molar-refractivity contribution in [2.75, 3.05) is 19.7 Å². The van der Waals surface area contributed by atoms with Crippen LogP contribution in [0, 0.1) is 12.3 Å². The summed E-state index contributed by atoms with van der Waals surface area (Å²) in [4.78, 5) is 15.3. The Kier molecular flexibility index (Phi) is 4.08. The van der Waals surface area contributed by atoms with E-state index in [-0.39, 0.29) is 23.5 Å². The summed E-state index contributed by atoms with van der Waals surface area (Å²) in [5.74, 6) is 0.138. The lowest BCUT2D eigenvalue weighted by atomic mass is 9.58. The van der Waals surface area contributed by atoms with Gasteiger partial charge < -0.3 is 14.7 Å². The predicted octanol–water partition coefficient (Wildman–Crippen LogP) is 2.45. The molecule has 1 amide bonds. The molecular weight excluding hydrogens is 286 g/mol. The lowest BCUT2D eigenvalue weighted by Crippen LogP contribution is -2.62. The van der Waals surface area contributed by atoms with Crippen molar-refractivity contribution in [3.05, 3.63) is 21.9 Å². The zero-order valence-corrected chi connectivity index (χ0v) is 13.5. The van der Waals surface area contributed by atoms with Crippen molar-refractivity contribution in [2.45, 2.75) is 45.3 Å². The van der Waals surface area contributed by atoms with Crippen LogP contribution in [-0.2, 0) is 4.74 Å². The first-order chi connectivity index (χ1) is 10.1. The molecule has 2 fully saturated rings. The third kappa shape index (κ3) is 2.41. The van der Waals surface area contributed by atoms with E-state index in [0.29, 0.717) is 6.61 Å². The molecule has 1 saturated heterocycles. The number of thiophene rings is 1. The Balaban J connectivity index is 1.65. The summed E-state index contributed by atoms with van der Waals surface area (Å²) in [5, 5.41) is 12.2. The minimum Gasteiger partial charge on any atom is -0.392 e. The molecule has 2 aliphatic rings. The summed E-state index contributed by atoms with van der Waals surface area (Å²) in [6.45, 7) is 6.11. The quantitative estimate of drug-likeness (QED) is 0.933. The number of hydrogen-bond acceptors (Lipinski definition) is 4. The molecule has 1 aromatic rings. The second-order valence-corrected chi connectivity index (χ2v) is 7.07. The minimum atomic E-state index is -0.269. The number of ether oxygens (including phenoxy) is 1. The molecule has 1 saturated carbocycles. The van der Waals surface area contributed by atoms with E-state index in [1.165, 1.54) is 11.3 Å². The van der Waals surface area contributed by atoms with Gasteiger partial charge in [0.05, 0.1) is 17.1 Å². The van der Waals surface area contributed by atoms with Crippen LogP contribution < -0.4 is 0 Å². The Bertz CT molecular complexity index is 517. The molecule has 1 aliphatic carbocycles. The van der Waals surface area contributed by atoms with Gasteiger partial charge in [-0.2, -0.15) is 0 Å². The molecule has 2 atom stereocenters. The minimum absolute atomic E-state index is 0.114. The molecule has 0 radical (unpaired) electrons. The molecule has 4 nitrogen and oxygen atoms in total. The van der Waals surface area contributed by atoms with E-state index >= 15 is 0 Å². The molecule has 3 rings (SSSR count). The fourth-order valence-corrected chi connectivity index (χ4v) is 4.57. The van der Waals surface area contributed by atoms with Gasteiger partial charge >= 0.3 is 0 Å². The monoisotopic (exact) mass is 309 g/mol. The van der Waals surface area contributed by atoms with E-state index < -0.39 is 0 Å². The summed E-state index contributed by atoms with van der Waals surface area (Å²) in [7, 11) is 0. The summed E-state index contributed by atoms with van der Waals surface area (Å²) in [5.41, 5.74) is 0.943. The van der Waals surface area contributed by atoms with Crippen LogP contribution in [0.2, 0.25) is 0 Å². The van der Waals surface area contributed by atoms with Crippen LogP contribution in [0.25, 0.3) is 0 Å². The second-order valence-electron chi connectivity index (χ2n) is 6.15. The van der Waals surface area contributed by atoms with Crippen LogP contribution in [0.3, 0.4) is 0 Å². The van der Waals surface area contributed by atoms with E-state index in [2.05, 4.69) is 0 Å². The van der Waals surface area contributed by atoms with Gasteiger partial charge in [-0.1, -0.05) is 0 Å². The lowest BCUT2D eigenvalue weighted by Gasteiger charge is -2.56. The zero-order chi connectivity index (χ0) is 15.0. The molecule has 1 aliphatic heterocycles. The molecule has 21 heavy (non-hydrogen) atoms. The molecule has 0 bridgehead atoms. The summed E-state index contributed by atoms with van der Waals surface area (Å²) < 4.78 is 5.77. The molecule has 1 aromatic heterocycles. The van der Waals surface area contributed by atoms with Crippen LogP contribution >= 0.6 is 11.3 Å². The van der Waals surface area contributed by atoms with Gasteiger partial charge in [0.1, 0.15) is 0 Å². The largest absolute Gasteiger partial charge is 0.392 e. The third-order valence-corrected chi connectivity index (χ3v) is 6.15. The van der Waals surface area contributed by atoms with Crippen molar-refractivity contribution < 1.29 is 14.6 Å². The average molecular weight is 309 g/mol. The summed E-state index contributed by atoms with van der Waals surface area (Å²) in [6, 6.07) is 1.99. The van der Waals surface area contributed by atoms with Gasteiger partial charge in [0.25, 0.3) is 5.91 Å². The number of likely N-dealkylation sites (tertiary alicyclic amines) is 1. The Morgan fingerprint density at radius 2 is 2.24 bits per heavy atom. The highest BCUT2D eigenvalue weighted by Crippen LogP contribution is 2.51. The number of carbonyl (C=O) groups is 1. The summed E-state index contributed by atoms with van der Waals surface area (Å²) in [6.07, 6.45) is 2.32. The van der Waals surface area contributed by atoms with Gasteiger partial charge in [-0.3, -0.25) is 4.79 Å². The van der Waals surface area contributed by atoms with Crippen LogP contribution in [0.15, 0.2) is 11.4 Å². The van der Waals surface area contributed by atoms with Crippen molar-refractivity contribution in [3.8, 4) is 0 Å². The Morgan fingerprint density at radius 1 is 1.52 bits per heavy atom. The van der Waals surface area contributed by atoms with E-state index in [0.717, 1.165) is 42.8 Å². The van der Waals surface area contributed by atoms with Crippen LogP contribution in [0.5, 0.6) is 0 Å². The molecule has 5 heteroatoms. The van der Waals surface area contributed by atoms with Crippen LogP contribution in [-0.4, -0.2) is 47.8 Å². The standard InChI is InChI=1S/C16H23NO3S/c1-3-20-13-10-12(18)16(13)5-7-17(8-6-16)15(19)14-11(2)4-9-21-14/h4,9,12-13,18H,3,5-8,10H2,1-2H3/t12-,13+/m1/s1. The molecule has 2 heterocycles. The Morgan fingerprint density at radius 3 is 2.76 bits per heavy atom. The Labute approximate surface area is 129 Å². The Hall–Kier alpha value is -0.910. The number of aryl methyl sites for hydroxylation is 1. The van der Waals surface area contributed by atoms with E-state index in [4.69, 9.17) is 4.74 Å². The first-order valence-corrected chi connectivity index (χ1v) is 8.59. The number of carbonyl (C=O) groups excluding carboxylic acids is 1. The van der Waals surface area contributed by atoms with Gasteiger partial charge in [-0.25, -0.2) is 0 Å². The topological polar surface area (TPSA) is 49.8 Å². The van der Waals surface area contributed by atoms with Gasteiger partial charge in [0.15, 0.2) is 0 Å². The maximum absolute atomic E-state index is 12.5. The second kappa shape index (κ2) is 5.71. The molecule has 1 N–H and O–H groups in total. The molecule has 116 valence electrons. The lowest BCUT2D eigenvalue weighted by molar-refractivity contribution is -0.207. The molecule has 1 spiro atoms. The number of hydrogen-bond donors (Lipinski definition) is 1. The first kappa shape index (κ1) is 15.0. The molecule has 0 unspecified atom stereocenters. The normalized spacial score (nSPS) is 27.7. The van der Waals surface area contributed by atoms with E-state index in [1.54, 1.807) is 0 Å². The SMILES string of the molecule is CCO[C@H]1C[C@@H](O)C12CCN(C(=O)c1sccc1C)CC2. The fourth-order valence-electron chi connectivity index (χ4n) is 3.68.